The largest absolute Gasteiger partial charge is 0.312 e. The van der Waals surface area contributed by atoms with Gasteiger partial charge in [-0.2, -0.15) is 5.10 Å². The average Bonchev–Trinajstić information content (AvgIpc) is 3.18. The Morgan fingerprint density at radius 3 is 2.67 bits per heavy atom. The van der Waals surface area contributed by atoms with Crippen molar-refractivity contribution in [2.75, 3.05) is 5.01 Å². The Morgan fingerprint density at radius 1 is 1.10 bits per heavy atom. The number of benzene rings is 1. The quantitative estimate of drug-likeness (QED) is 0.630. The van der Waals surface area contributed by atoms with Crippen LogP contribution in [0.25, 0.3) is 16.7 Å². The maximum Gasteiger partial charge on any atom is 0.261 e. The van der Waals surface area contributed by atoms with Gasteiger partial charge in [0.1, 0.15) is 5.39 Å². The molecule has 0 spiro atoms. The standard InChI is InChI=1S/C13H11N7O/c21-13-11-7-17-20(12(11)14-8-15-13)10-3-1-9(2-4-10)19-6-5-16-18-19/h1-8,16,18H,(H,14,15,21). The first-order valence-electron chi connectivity index (χ1n) is 6.32. The van der Waals surface area contributed by atoms with Crippen molar-refractivity contribution in [1.82, 2.24) is 30.7 Å². The second-order valence-electron chi connectivity index (χ2n) is 4.48. The highest BCUT2D eigenvalue weighted by molar-refractivity contribution is 5.74. The van der Waals surface area contributed by atoms with E-state index in [4.69, 9.17) is 0 Å². The summed E-state index contributed by atoms with van der Waals surface area (Å²) < 4.78 is 1.64. The van der Waals surface area contributed by atoms with E-state index in [9.17, 15) is 4.79 Å². The van der Waals surface area contributed by atoms with Gasteiger partial charge in [-0.05, 0) is 24.3 Å². The molecule has 0 amide bonds. The van der Waals surface area contributed by atoms with E-state index in [0.29, 0.717) is 11.0 Å². The normalized spacial score (nSPS) is 13.8. The van der Waals surface area contributed by atoms with Gasteiger partial charge in [-0.25, -0.2) is 9.67 Å². The highest BCUT2D eigenvalue weighted by Crippen LogP contribution is 2.19. The number of nitrogens with one attached hydrogen (secondary N) is 3. The van der Waals surface area contributed by atoms with Gasteiger partial charge in [-0.1, -0.05) is 0 Å². The third kappa shape index (κ3) is 1.85. The number of hydrogen-bond acceptors (Lipinski definition) is 6. The molecule has 0 bridgehead atoms. The van der Waals surface area contributed by atoms with Crippen LogP contribution in [0.1, 0.15) is 0 Å². The van der Waals surface area contributed by atoms with E-state index >= 15 is 0 Å². The topological polar surface area (TPSA) is 90.9 Å². The number of hydrazine groups is 2. The van der Waals surface area contributed by atoms with Gasteiger partial charge in [-0.15, -0.1) is 5.53 Å². The zero-order chi connectivity index (χ0) is 14.2. The molecule has 3 aromatic rings. The predicted octanol–water partition coefficient (Wildman–Crippen LogP) is 0.409. The maximum absolute atomic E-state index is 11.7. The summed E-state index contributed by atoms with van der Waals surface area (Å²) >= 11 is 0. The molecule has 3 N–H and O–H groups in total. The van der Waals surface area contributed by atoms with Crippen LogP contribution in [-0.2, 0) is 0 Å². The molecule has 0 unspecified atom stereocenters. The Morgan fingerprint density at radius 2 is 1.90 bits per heavy atom. The Balaban J connectivity index is 1.77. The smallest absolute Gasteiger partial charge is 0.261 e. The van der Waals surface area contributed by atoms with E-state index in [-0.39, 0.29) is 5.56 Å². The van der Waals surface area contributed by atoms with Crippen LogP contribution in [0.5, 0.6) is 0 Å². The summed E-state index contributed by atoms with van der Waals surface area (Å²) in [6.45, 7) is 0. The lowest BCUT2D eigenvalue weighted by Gasteiger charge is -2.15. The molecule has 1 aliphatic rings. The molecule has 0 saturated carbocycles. The zero-order valence-electron chi connectivity index (χ0n) is 10.8. The van der Waals surface area contributed by atoms with Crippen LogP contribution in [-0.4, -0.2) is 19.7 Å². The Bertz CT molecular complexity index is 877. The van der Waals surface area contributed by atoms with Gasteiger partial charge in [0.25, 0.3) is 5.56 Å². The van der Waals surface area contributed by atoms with Crippen LogP contribution < -0.4 is 21.5 Å². The number of aromatic amines is 1. The van der Waals surface area contributed by atoms with Gasteiger partial charge in [-0.3, -0.25) is 9.80 Å². The van der Waals surface area contributed by atoms with E-state index in [1.807, 2.05) is 35.5 Å². The van der Waals surface area contributed by atoms with Crippen molar-refractivity contribution in [3.63, 3.8) is 0 Å². The lowest BCUT2D eigenvalue weighted by molar-refractivity contribution is 0.680. The van der Waals surface area contributed by atoms with Crippen LogP contribution in [0, 0.1) is 0 Å². The van der Waals surface area contributed by atoms with Crippen molar-refractivity contribution < 1.29 is 0 Å². The third-order valence-electron chi connectivity index (χ3n) is 3.24. The van der Waals surface area contributed by atoms with Crippen LogP contribution in [0.15, 0.2) is 54.0 Å². The van der Waals surface area contributed by atoms with Gasteiger partial charge in [0.2, 0.25) is 0 Å². The van der Waals surface area contributed by atoms with Crippen LogP contribution in [0.2, 0.25) is 0 Å². The first kappa shape index (κ1) is 11.7. The fourth-order valence-electron chi connectivity index (χ4n) is 2.21. The molecule has 0 fully saturated rings. The molecule has 8 heteroatoms. The van der Waals surface area contributed by atoms with Crippen molar-refractivity contribution in [2.24, 2.45) is 0 Å². The minimum absolute atomic E-state index is 0.194. The van der Waals surface area contributed by atoms with Crippen molar-refractivity contribution in [2.45, 2.75) is 0 Å². The summed E-state index contributed by atoms with van der Waals surface area (Å²) in [5.41, 5.74) is 7.98. The number of fused-ring (bicyclic) bond motifs is 1. The SMILES string of the molecule is O=c1[nH]cnc2c1cnn2-c1ccc(N2C=CNN2)cc1. The van der Waals surface area contributed by atoms with E-state index < -0.39 is 0 Å². The van der Waals surface area contributed by atoms with Crippen LogP contribution >= 0.6 is 0 Å². The Kier molecular flexibility index (Phi) is 2.48. The molecule has 4 rings (SSSR count). The highest BCUT2D eigenvalue weighted by atomic mass is 16.1. The molecule has 2 aromatic heterocycles. The predicted molar refractivity (Wildman–Crippen MR) is 77.4 cm³/mol. The fraction of sp³-hybridized carbons (Fsp3) is 0. The van der Waals surface area contributed by atoms with Crippen molar-refractivity contribution in [3.8, 4) is 5.69 Å². The molecule has 8 nitrogen and oxygen atoms in total. The number of anilines is 1. The number of nitrogens with zero attached hydrogens (tertiary/aromatic N) is 4. The van der Waals surface area contributed by atoms with Gasteiger partial charge in [0, 0.05) is 12.4 Å². The number of H-pyrrole nitrogens is 1. The van der Waals surface area contributed by atoms with E-state index in [2.05, 4.69) is 26.0 Å². The van der Waals surface area contributed by atoms with Crippen molar-refractivity contribution in [3.05, 3.63) is 59.5 Å². The molecular weight excluding hydrogens is 270 g/mol. The zero-order valence-corrected chi connectivity index (χ0v) is 10.8. The van der Waals surface area contributed by atoms with Gasteiger partial charge >= 0.3 is 0 Å². The third-order valence-corrected chi connectivity index (χ3v) is 3.24. The summed E-state index contributed by atoms with van der Waals surface area (Å²) in [7, 11) is 0. The second-order valence-corrected chi connectivity index (χ2v) is 4.48. The number of hydrogen-bond donors (Lipinski definition) is 3. The average molecular weight is 281 g/mol. The minimum atomic E-state index is -0.194. The Labute approximate surface area is 118 Å². The Hall–Kier alpha value is -3.13. The minimum Gasteiger partial charge on any atom is -0.312 e. The molecule has 3 heterocycles. The van der Waals surface area contributed by atoms with E-state index in [0.717, 1.165) is 11.4 Å². The molecule has 1 aromatic carbocycles. The summed E-state index contributed by atoms with van der Waals surface area (Å²) in [6.07, 6.45) is 6.57. The maximum atomic E-state index is 11.7. The van der Waals surface area contributed by atoms with Crippen LogP contribution in [0.4, 0.5) is 5.69 Å². The highest BCUT2D eigenvalue weighted by Gasteiger charge is 2.10. The van der Waals surface area contributed by atoms with Crippen molar-refractivity contribution in [1.29, 1.82) is 0 Å². The second kappa shape index (κ2) is 4.46. The lowest BCUT2D eigenvalue weighted by Crippen LogP contribution is -2.35. The summed E-state index contributed by atoms with van der Waals surface area (Å²) in [5.74, 6) is 0. The molecule has 21 heavy (non-hydrogen) atoms. The molecule has 0 saturated heterocycles. The molecule has 0 radical (unpaired) electrons. The fourth-order valence-corrected chi connectivity index (χ4v) is 2.21. The van der Waals surface area contributed by atoms with Gasteiger partial charge in [0.05, 0.1) is 23.9 Å². The van der Waals surface area contributed by atoms with Crippen LogP contribution in [0.3, 0.4) is 0 Å². The summed E-state index contributed by atoms with van der Waals surface area (Å²) in [4.78, 5) is 18.4. The van der Waals surface area contributed by atoms with E-state index in [1.165, 1.54) is 12.5 Å². The molecule has 104 valence electrons. The number of aromatic nitrogens is 4. The first-order chi connectivity index (χ1) is 10.3. The van der Waals surface area contributed by atoms with Gasteiger partial charge < -0.3 is 10.4 Å². The monoisotopic (exact) mass is 281 g/mol. The molecule has 0 atom stereocenters. The molecule has 1 aliphatic heterocycles. The van der Waals surface area contributed by atoms with E-state index in [1.54, 1.807) is 10.9 Å². The lowest BCUT2D eigenvalue weighted by atomic mass is 10.3. The first-order valence-corrected chi connectivity index (χ1v) is 6.32. The van der Waals surface area contributed by atoms with Crippen molar-refractivity contribution >= 4 is 16.7 Å². The summed E-state index contributed by atoms with van der Waals surface area (Å²) in [5, 5.41) is 6.54. The molecular formula is C13H11N7O. The number of rotatable bonds is 2. The molecule has 0 aliphatic carbocycles. The van der Waals surface area contributed by atoms with Gasteiger partial charge in [0.15, 0.2) is 5.65 Å². The summed E-state index contributed by atoms with van der Waals surface area (Å²) in [6, 6.07) is 7.72.